The monoisotopic (exact) mass is 199 g/mol. The molecular formula is C12H13N3. The smallest absolute Gasteiger partial charge is 0.0951 e. The maximum Gasteiger partial charge on any atom is 0.0951 e. The van der Waals surface area contributed by atoms with E-state index in [0.29, 0.717) is 6.04 Å². The van der Waals surface area contributed by atoms with E-state index in [4.69, 9.17) is 5.73 Å². The predicted octanol–water partition coefficient (Wildman–Crippen LogP) is 2.00. The van der Waals surface area contributed by atoms with Gasteiger partial charge in [-0.2, -0.15) is 0 Å². The van der Waals surface area contributed by atoms with Gasteiger partial charge in [0.15, 0.2) is 0 Å². The van der Waals surface area contributed by atoms with Gasteiger partial charge in [0, 0.05) is 18.1 Å². The van der Waals surface area contributed by atoms with Crippen LogP contribution in [0, 0.1) is 0 Å². The number of imidazole rings is 1. The first-order valence-electron chi connectivity index (χ1n) is 5.20. The van der Waals surface area contributed by atoms with Crippen LogP contribution in [-0.4, -0.2) is 9.55 Å². The Morgan fingerprint density at radius 1 is 1.40 bits per heavy atom. The van der Waals surface area contributed by atoms with E-state index in [2.05, 4.69) is 21.7 Å². The Kier molecular flexibility index (Phi) is 1.78. The number of anilines is 1. The third kappa shape index (κ3) is 1.31. The number of fused-ring (bicyclic) bond motifs is 1. The van der Waals surface area contributed by atoms with Crippen LogP contribution >= 0.6 is 0 Å². The summed E-state index contributed by atoms with van der Waals surface area (Å²) < 4.78 is 2.17. The van der Waals surface area contributed by atoms with Gasteiger partial charge in [-0.1, -0.05) is 6.07 Å². The lowest BCUT2D eigenvalue weighted by molar-refractivity contribution is 0.579. The van der Waals surface area contributed by atoms with Crippen molar-refractivity contribution in [3.05, 3.63) is 48.0 Å². The first-order chi connectivity index (χ1) is 7.34. The molecule has 76 valence electrons. The van der Waals surface area contributed by atoms with E-state index in [1.165, 1.54) is 11.1 Å². The molecule has 3 nitrogen and oxygen atoms in total. The van der Waals surface area contributed by atoms with Crippen molar-refractivity contribution < 1.29 is 0 Å². The highest BCUT2D eigenvalue weighted by atomic mass is 15.1. The third-order valence-corrected chi connectivity index (χ3v) is 3.10. The minimum Gasteiger partial charge on any atom is -0.399 e. The molecule has 1 aromatic heterocycles. The molecule has 3 heteroatoms. The first-order valence-corrected chi connectivity index (χ1v) is 5.20. The molecule has 0 spiro atoms. The third-order valence-electron chi connectivity index (χ3n) is 3.10. The Labute approximate surface area is 88.6 Å². The molecule has 1 unspecified atom stereocenters. The number of nitrogens with zero attached hydrogens (tertiary/aromatic N) is 2. The quantitative estimate of drug-likeness (QED) is 0.714. The summed E-state index contributed by atoms with van der Waals surface area (Å²) in [7, 11) is 0. The van der Waals surface area contributed by atoms with Crippen molar-refractivity contribution in [3.8, 4) is 0 Å². The summed E-state index contributed by atoms with van der Waals surface area (Å²) in [6, 6.07) is 6.66. The predicted molar refractivity (Wildman–Crippen MR) is 59.5 cm³/mol. The van der Waals surface area contributed by atoms with Crippen LogP contribution in [0.2, 0.25) is 0 Å². The number of rotatable bonds is 1. The number of aryl methyl sites for hydroxylation is 1. The fourth-order valence-corrected chi connectivity index (χ4v) is 2.38. The lowest BCUT2D eigenvalue weighted by atomic mass is 10.1. The molecule has 0 radical (unpaired) electrons. The molecule has 0 amide bonds. The summed E-state index contributed by atoms with van der Waals surface area (Å²) in [4.78, 5) is 4.10. The number of aromatic nitrogens is 2. The molecule has 2 aromatic rings. The largest absolute Gasteiger partial charge is 0.399 e. The zero-order chi connectivity index (χ0) is 10.3. The van der Waals surface area contributed by atoms with Crippen molar-refractivity contribution in [2.24, 2.45) is 0 Å². The summed E-state index contributed by atoms with van der Waals surface area (Å²) in [6.07, 6.45) is 8.00. The maximum atomic E-state index is 5.78. The number of hydrogen-bond acceptors (Lipinski definition) is 2. The van der Waals surface area contributed by atoms with Crippen LogP contribution in [0.3, 0.4) is 0 Å². The van der Waals surface area contributed by atoms with Gasteiger partial charge in [-0.15, -0.1) is 0 Å². The van der Waals surface area contributed by atoms with Gasteiger partial charge in [-0.05, 0) is 36.1 Å². The Balaban J connectivity index is 2.05. The van der Waals surface area contributed by atoms with Gasteiger partial charge in [0.1, 0.15) is 0 Å². The molecule has 1 atom stereocenters. The highest BCUT2D eigenvalue weighted by Crippen LogP contribution is 2.34. The molecule has 1 aromatic carbocycles. The van der Waals surface area contributed by atoms with Gasteiger partial charge in [0.25, 0.3) is 0 Å². The summed E-state index contributed by atoms with van der Waals surface area (Å²) >= 11 is 0. The minimum absolute atomic E-state index is 0.447. The highest BCUT2D eigenvalue weighted by molar-refractivity contribution is 5.47. The molecule has 0 fully saturated rings. The molecule has 3 rings (SSSR count). The fourth-order valence-electron chi connectivity index (χ4n) is 2.38. The Morgan fingerprint density at radius 2 is 2.33 bits per heavy atom. The topological polar surface area (TPSA) is 43.8 Å². The van der Waals surface area contributed by atoms with Crippen molar-refractivity contribution in [2.45, 2.75) is 18.9 Å². The maximum absolute atomic E-state index is 5.78. The van der Waals surface area contributed by atoms with Crippen LogP contribution < -0.4 is 5.73 Å². The molecule has 15 heavy (non-hydrogen) atoms. The second-order valence-corrected chi connectivity index (χ2v) is 4.02. The van der Waals surface area contributed by atoms with Crippen LogP contribution in [0.25, 0.3) is 0 Å². The van der Waals surface area contributed by atoms with E-state index in [9.17, 15) is 0 Å². The van der Waals surface area contributed by atoms with Crippen LogP contribution in [0.5, 0.6) is 0 Å². The molecule has 2 N–H and O–H groups in total. The molecule has 0 bridgehead atoms. The van der Waals surface area contributed by atoms with E-state index in [1.54, 1.807) is 0 Å². The van der Waals surface area contributed by atoms with Crippen LogP contribution in [0.1, 0.15) is 23.6 Å². The molecule has 1 aliphatic carbocycles. The van der Waals surface area contributed by atoms with E-state index < -0.39 is 0 Å². The van der Waals surface area contributed by atoms with E-state index >= 15 is 0 Å². The minimum atomic E-state index is 0.447. The Morgan fingerprint density at radius 3 is 3.13 bits per heavy atom. The standard InChI is InChI=1S/C12H13N3/c13-10-2-3-11-9(7-10)1-4-12(11)15-6-5-14-8-15/h2-3,5-8,12H,1,4,13H2. The first kappa shape index (κ1) is 8.53. The van der Waals surface area contributed by atoms with Crippen LogP contribution in [-0.2, 0) is 6.42 Å². The number of nitrogen functional groups attached to an aromatic ring is 1. The Bertz CT molecular complexity index is 474. The lowest BCUT2D eigenvalue weighted by Gasteiger charge is -2.12. The van der Waals surface area contributed by atoms with Crippen molar-refractivity contribution in [1.82, 2.24) is 9.55 Å². The number of nitrogens with two attached hydrogens (primary N) is 1. The van der Waals surface area contributed by atoms with Crippen molar-refractivity contribution in [2.75, 3.05) is 5.73 Å². The van der Waals surface area contributed by atoms with Crippen LogP contribution in [0.15, 0.2) is 36.9 Å². The molecule has 0 aliphatic heterocycles. The number of hydrogen-bond donors (Lipinski definition) is 1. The van der Waals surface area contributed by atoms with Crippen molar-refractivity contribution in [1.29, 1.82) is 0 Å². The highest BCUT2D eigenvalue weighted by Gasteiger charge is 2.23. The normalized spacial score (nSPS) is 19.1. The molecule has 0 saturated carbocycles. The summed E-state index contributed by atoms with van der Waals surface area (Å²) in [5, 5.41) is 0. The second-order valence-electron chi connectivity index (χ2n) is 4.02. The zero-order valence-corrected chi connectivity index (χ0v) is 8.43. The fraction of sp³-hybridized carbons (Fsp3) is 0.250. The van der Waals surface area contributed by atoms with Gasteiger partial charge in [0.2, 0.25) is 0 Å². The SMILES string of the molecule is Nc1ccc2c(c1)CCC2n1ccnc1. The summed E-state index contributed by atoms with van der Waals surface area (Å²) in [6.45, 7) is 0. The molecule has 1 aliphatic rings. The zero-order valence-electron chi connectivity index (χ0n) is 8.43. The molecule has 0 saturated heterocycles. The van der Waals surface area contributed by atoms with Gasteiger partial charge < -0.3 is 10.3 Å². The summed E-state index contributed by atoms with van der Waals surface area (Å²) in [5.74, 6) is 0. The average molecular weight is 199 g/mol. The molecule has 1 heterocycles. The van der Waals surface area contributed by atoms with Crippen LogP contribution in [0.4, 0.5) is 5.69 Å². The van der Waals surface area contributed by atoms with Gasteiger partial charge in [-0.3, -0.25) is 0 Å². The van der Waals surface area contributed by atoms with Gasteiger partial charge in [-0.25, -0.2) is 4.98 Å². The van der Waals surface area contributed by atoms with Gasteiger partial charge >= 0.3 is 0 Å². The van der Waals surface area contributed by atoms with Crippen molar-refractivity contribution >= 4 is 5.69 Å². The molecular weight excluding hydrogens is 186 g/mol. The van der Waals surface area contributed by atoms with E-state index in [1.807, 2.05) is 24.8 Å². The lowest BCUT2D eigenvalue weighted by Crippen LogP contribution is -2.04. The average Bonchev–Trinajstić information content (AvgIpc) is 2.82. The van der Waals surface area contributed by atoms with Gasteiger partial charge in [0.05, 0.1) is 12.4 Å². The van der Waals surface area contributed by atoms with E-state index in [0.717, 1.165) is 18.5 Å². The summed E-state index contributed by atoms with van der Waals surface area (Å²) in [5.41, 5.74) is 9.41. The number of benzene rings is 1. The Hall–Kier alpha value is -1.77. The van der Waals surface area contributed by atoms with Crippen molar-refractivity contribution in [3.63, 3.8) is 0 Å². The van der Waals surface area contributed by atoms with E-state index in [-0.39, 0.29) is 0 Å². The second kappa shape index (κ2) is 3.12.